The van der Waals surface area contributed by atoms with E-state index >= 15 is 0 Å². The predicted octanol–water partition coefficient (Wildman–Crippen LogP) is 5.59. The van der Waals surface area contributed by atoms with Crippen molar-refractivity contribution in [2.24, 2.45) is 0 Å². The van der Waals surface area contributed by atoms with E-state index in [-0.39, 0.29) is 22.2 Å². The first-order valence-corrected chi connectivity index (χ1v) is 18.4. The number of nitrogens with zero attached hydrogens (tertiary/aromatic N) is 3. The zero-order valence-corrected chi connectivity index (χ0v) is 28.5. The third-order valence-corrected chi connectivity index (χ3v) is 11.9. The molecule has 14 heteroatoms. The summed E-state index contributed by atoms with van der Waals surface area (Å²) in [5.74, 6) is 0.0580. The fourth-order valence-corrected chi connectivity index (χ4v) is 8.52. The molecule has 0 radical (unpaired) electrons. The van der Waals surface area contributed by atoms with E-state index in [4.69, 9.17) is 11.6 Å². The number of carbonyl (C=O) groups is 1. The Morgan fingerprint density at radius 2 is 1.69 bits per heavy atom. The highest BCUT2D eigenvalue weighted by atomic mass is 35.5. The highest BCUT2D eigenvalue weighted by molar-refractivity contribution is 7.89. The van der Waals surface area contributed by atoms with E-state index in [1.165, 1.54) is 10.4 Å². The number of carbonyl (C=O) groups excluding carboxylic acids is 1. The highest BCUT2D eigenvalue weighted by Crippen LogP contribution is 2.51. The molecule has 3 heterocycles. The number of benzene rings is 2. The maximum absolute atomic E-state index is 13.8. The Bertz CT molecular complexity index is 1760. The Balaban J connectivity index is 1.27. The van der Waals surface area contributed by atoms with E-state index < -0.39 is 34.4 Å². The Hall–Kier alpha value is -3.13. The minimum Gasteiger partial charge on any atom is -0.382 e. The molecule has 0 saturated carbocycles. The molecule has 1 amide bonds. The van der Waals surface area contributed by atoms with Gasteiger partial charge in [-0.1, -0.05) is 67.6 Å². The number of sulfonamides is 1. The molecular weight excluding hydrogens is 669 g/mol. The molecule has 2 aromatic carbocycles. The lowest BCUT2D eigenvalue weighted by Crippen LogP contribution is -2.50. The summed E-state index contributed by atoms with van der Waals surface area (Å²) in [4.78, 5) is 31.1. The van der Waals surface area contributed by atoms with Crippen LogP contribution < -0.4 is 10.5 Å². The van der Waals surface area contributed by atoms with Crippen molar-refractivity contribution >= 4 is 44.1 Å². The van der Waals surface area contributed by atoms with Gasteiger partial charge in [0, 0.05) is 56.2 Å². The number of anilines is 1. The van der Waals surface area contributed by atoms with Gasteiger partial charge >= 0.3 is 6.18 Å². The molecule has 1 fully saturated rings. The molecule has 2 N–H and O–H groups in total. The number of aliphatic hydroxyl groups is 1. The SMILES string of the molecule is CCS(=O)(=O)N1CCN(C(=O)CCCCCCCC2(c3ccccc3)Cc3c(ccc4[nH]c(=O)cc(Cl)c34)N2C[C@@H](O)C(F)(F)F)CC1. The third kappa shape index (κ3) is 7.69. The molecule has 3 aromatic rings. The molecule has 2 atom stereocenters. The topological polar surface area (TPSA) is 114 Å². The Kier molecular flexibility index (Phi) is 11.1. The molecule has 0 aliphatic carbocycles. The summed E-state index contributed by atoms with van der Waals surface area (Å²) in [5.41, 5.74) is 1.28. The van der Waals surface area contributed by atoms with Crippen LogP contribution in [0.2, 0.25) is 5.02 Å². The van der Waals surface area contributed by atoms with Crippen LogP contribution in [0.3, 0.4) is 0 Å². The standard InChI is InChI=1S/C34H42ClF3N4O5S/c1-2-48(46,47)41-19-17-40(18-20-41)31(45)13-9-4-3-5-10-16-33(24-11-7-6-8-12-24)22-25-28(42(33)23-29(43)34(36,37)38)15-14-27-32(25)26(35)21-30(44)39-27/h6-8,11-12,14-15,21,29,43H,2-5,9-10,13,16-20,22-23H2,1H3,(H,39,44)/t29-,33?/m1/s1. The fraction of sp³-hybridized carbons (Fsp3) is 0.529. The number of pyridine rings is 1. The summed E-state index contributed by atoms with van der Waals surface area (Å²) >= 11 is 6.57. The largest absolute Gasteiger partial charge is 0.416 e. The van der Waals surface area contributed by atoms with Gasteiger partial charge in [-0.2, -0.15) is 17.5 Å². The number of piperazine rings is 1. The number of hydrogen-bond donors (Lipinski definition) is 2. The lowest BCUT2D eigenvalue weighted by atomic mass is 9.80. The quantitative estimate of drug-likeness (QED) is 0.224. The summed E-state index contributed by atoms with van der Waals surface area (Å²) in [6.07, 6.45) is -2.38. The number of amides is 1. The number of aromatic nitrogens is 1. The van der Waals surface area contributed by atoms with Gasteiger partial charge in [0.25, 0.3) is 0 Å². The highest BCUT2D eigenvalue weighted by Gasteiger charge is 2.49. The Morgan fingerprint density at radius 3 is 2.35 bits per heavy atom. The van der Waals surface area contributed by atoms with E-state index in [0.29, 0.717) is 74.9 Å². The molecule has 2 aliphatic heterocycles. The summed E-state index contributed by atoms with van der Waals surface area (Å²) in [7, 11) is -3.26. The smallest absolute Gasteiger partial charge is 0.382 e. The second kappa shape index (κ2) is 14.8. The summed E-state index contributed by atoms with van der Waals surface area (Å²) in [6.45, 7) is 2.34. The monoisotopic (exact) mass is 710 g/mol. The number of rotatable bonds is 13. The van der Waals surface area contributed by atoms with Crippen LogP contribution in [-0.2, 0) is 26.8 Å². The number of alkyl halides is 3. The van der Waals surface area contributed by atoms with Crippen molar-refractivity contribution in [3.63, 3.8) is 0 Å². The fourth-order valence-electron chi connectivity index (χ4n) is 7.12. The van der Waals surface area contributed by atoms with Crippen LogP contribution in [0.15, 0.2) is 53.3 Å². The van der Waals surface area contributed by atoms with Crippen molar-refractivity contribution in [2.75, 3.05) is 43.4 Å². The number of halogens is 4. The van der Waals surface area contributed by atoms with Crippen LogP contribution in [0.5, 0.6) is 0 Å². The van der Waals surface area contributed by atoms with Gasteiger partial charge in [-0.05, 0) is 43.0 Å². The molecule has 48 heavy (non-hydrogen) atoms. The maximum Gasteiger partial charge on any atom is 0.416 e. The number of hydrogen-bond acceptors (Lipinski definition) is 6. The van der Waals surface area contributed by atoms with E-state index in [1.807, 2.05) is 30.3 Å². The van der Waals surface area contributed by atoms with Crippen molar-refractivity contribution in [2.45, 2.75) is 76.1 Å². The summed E-state index contributed by atoms with van der Waals surface area (Å²) in [5, 5.41) is 11.1. The van der Waals surface area contributed by atoms with E-state index in [2.05, 4.69) is 4.98 Å². The second-order valence-electron chi connectivity index (χ2n) is 12.7. The van der Waals surface area contributed by atoms with Crippen LogP contribution in [0, 0.1) is 0 Å². The molecular formula is C34H42ClF3N4O5S. The average Bonchev–Trinajstić information content (AvgIpc) is 3.37. The van der Waals surface area contributed by atoms with Gasteiger partial charge in [0.05, 0.1) is 28.4 Å². The van der Waals surface area contributed by atoms with E-state index in [9.17, 15) is 36.3 Å². The first-order chi connectivity index (χ1) is 22.8. The Labute approximate surface area is 283 Å². The van der Waals surface area contributed by atoms with Crippen LogP contribution in [-0.4, -0.2) is 84.4 Å². The van der Waals surface area contributed by atoms with E-state index in [0.717, 1.165) is 30.4 Å². The van der Waals surface area contributed by atoms with Crippen molar-refractivity contribution in [1.82, 2.24) is 14.2 Å². The number of aromatic amines is 1. The minimum absolute atomic E-state index is 0.0152. The number of H-pyrrole nitrogens is 1. The van der Waals surface area contributed by atoms with Crippen molar-refractivity contribution in [3.8, 4) is 0 Å². The van der Waals surface area contributed by atoms with Crippen molar-refractivity contribution in [1.29, 1.82) is 0 Å². The molecule has 0 bridgehead atoms. The zero-order valence-electron chi connectivity index (χ0n) is 26.9. The molecule has 1 aromatic heterocycles. The normalized spacial score (nSPS) is 19.5. The van der Waals surface area contributed by atoms with E-state index in [1.54, 1.807) is 28.9 Å². The van der Waals surface area contributed by atoms with Crippen LogP contribution >= 0.6 is 11.6 Å². The number of nitrogens with one attached hydrogen (secondary N) is 1. The predicted molar refractivity (Wildman–Crippen MR) is 181 cm³/mol. The Morgan fingerprint density at radius 1 is 1.02 bits per heavy atom. The molecule has 2 aliphatic rings. The van der Waals surface area contributed by atoms with Gasteiger partial charge in [0.2, 0.25) is 21.5 Å². The van der Waals surface area contributed by atoms with Crippen LogP contribution in [0.4, 0.5) is 18.9 Å². The molecule has 5 rings (SSSR count). The maximum atomic E-state index is 13.8. The van der Waals surface area contributed by atoms with Gasteiger partial charge in [0.1, 0.15) is 0 Å². The average molecular weight is 711 g/mol. The number of unbranched alkanes of at least 4 members (excludes halogenated alkanes) is 4. The number of β-amino-alcohol motifs (C(OH)–C–C–N with tert-alkyl or cyclic N) is 1. The number of aliphatic hydroxyl groups excluding tert-OH is 1. The van der Waals surface area contributed by atoms with Crippen LogP contribution in [0.25, 0.3) is 10.9 Å². The van der Waals surface area contributed by atoms with Gasteiger partial charge in [-0.3, -0.25) is 9.59 Å². The molecule has 1 unspecified atom stereocenters. The minimum atomic E-state index is -4.82. The lowest BCUT2D eigenvalue weighted by Gasteiger charge is -2.42. The van der Waals surface area contributed by atoms with Gasteiger partial charge < -0.3 is 19.9 Å². The molecule has 9 nitrogen and oxygen atoms in total. The van der Waals surface area contributed by atoms with Crippen molar-refractivity contribution in [3.05, 3.63) is 75.0 Å². The first-order valence-electron chi connectivity index (χ1n) is 16.4. The summed E-state index contributed by atoms with van der Waals surface area (Å²) in [6, 6.07) is 13.9. The summed E-state index contributed by atoms with van der Waals surface area (Å²) < 4.78 is 67.0. The molecule has 262 valence electrons. The zero-order chi connectivity index (χ0) is 34.7. The third-order valence-electron chi connectivity index (χ3n) is 9.69. The van der Waals surface area contributed by atoms with Gasteiger partial charge in [-0.15, -0.1) is 0 Å². The number of fused-ring (bicyclic) bond motifs is 3. The molecule has 1 saturated heterocycles. The van der Waals surface area contributed by atoms with Gasteiger partial charge in [0.15, 0.2) is 6.10 Å². The first kappa shape index (κ1) is 36.2. The van der Waals surface area contributed by atoms with Crippen molar-refractivity contribution < 1.29 is 31.5 Å². The van der Waals surface area contributed by atoms with Gasteiger partial charge in [-0.25, -0.2) is 8.42 Å². The lowest BCUT2D eigenvalue weighted by molar-refractivity contribution is -0.200. The van der Waals surface area contributed by atoms with Crippen LogP contribution in [0.1, 0.15) is 63.0 Å². The molecule has 0 spiro atoms. The second-order valence-corrected chi connectivity index (χ2v) is 15.3.